The number of nitrogens with zero attached hydrogens (tertiary/aromatic N) is 3. The van der Waals surface area contributed by atoms with Crippen LogP contribution in [0, 0.1) is 12.3 Å². The number of anilines is 1. The number of likely N-dealkylation sites (N-methyl/N-ethyl adjacent to an activating group) is 1. The van der Waals surface area contributed by atoms with Gasteiger partial charge in [-0.15, -0.1) is 6.42 Å². The van der Waals surface area contributed by atoms with Gasteiger partial charge in [0, 0.05) is 26.7 Å². The van der Waals surface area contributed by atoms with Crippen LogP contribution in [0.25, 0.3) is 0 Å². The number of methoxy groups -OCH3 is 1. The van der Waals surface area contributed by atoms with E-state index in [4.69, 9.17) is 11.2 Å². The van der Waals surface area contributed by atoms with Gasteiger partial charge in [0.1, 0.15) is 11.0 Å². The molecule has 0 unspecified atom stereocenters. The maximum atomic E-state index is 11.9. The van der Waals surface area contributed by atoms with Crippen molar-refractivity contribution in [3.8, 4) is 12.3 Å². The summed E-state index contributed by atoms with van der Waals surface area (Å²) in [4.78, 5) is 14.0. The Labute approximate surface area is 127 Å². The van der Waals surface area contributed by atoms with Crippen LogP contribution in [0.1, 0.15) is 0 Å². The monoisotopic (exact) mass is 342 g/mol. The fraction of sp³-hybridized carbons (Fsp3) is 0.538. The van der Waals surface area contributed by atoms with Crippen LogP contribution >= 0.6 is 15.9 Å². The summed E-state index contributed by atoms with van der Waals surface area (Å²) in [6, 6.07) is 0. The van der Waals surface area contributed by atoms with Crippen molar-refractivity contribution in [1.29, 1.82) is 0 Å². The van der Waals surface area contributed by atoms with Crippen molar-refractivity contribution in [3.05, 3.63) is 21.0 Å². The molecule has 6 nitrogen and oxygen atoms in total. The lowest BCUT2D eigenvalue weighted by atomic mass is 10.4. The standard InChI is InChI=1S/C13H19BrN4O2/c1-4-6-18-13(19)12(14)11(10-16-18)15-5-7-17(2)8-9-20-3/h1,10,15H,5-9H2,2-3H3. The van der Waals surface area contributed by atoms with Crippen LogP contribution in [0.4, 0.5) is 5.69 Å². The van der Waals surface area contributed by atoms with E-state index >= 15 is 0 Å². The number of nitrogens with one attached hydrogen (secondary N) is 1. The van der Waals surface area contributed by atoms with E-state index in [1.807, 2.05) is 7.05 Å². The zero-order chi connectivity index (χ0) is 15.0. The summed E-state index contributed by atoms with van der Waals surface area (Å²) in [7, 11) is 3.69. The Hall–Kier alpha value is -1.36. The molecule has 1 heterocycles. The smallest absolute Gasteiger partial charge is 0.284 e. The Morgan fingerprint density at radius 2 is 2.35 bits per heavy atom. The molecule has 0 fully saturated rings. The average Bonchev–Trinajstić information content (AvgIpc) is 2.44. The van der Waals surface area contributed by atoms with Crippen LogP contribution in [0.3, 0.4) is 0 Å². The molecule has 1 aromatic heterocycles. The molecule has 1 rings (SSSR count). The summed E-state index contributed by atoms with van der Waals surface area (Å²) in [5.74, 6) is 2.39. The summed E-state index contributed by atoms with van der Waals surface area (Å²) < 4.78 is 6.69. The molecule has 20 heavy (non-hydrogen) atoms. The predicted octanol–water partition coefficient (Wildman–Crippen LogP) is 0.629. The van der Waals surface area contributed by atoms with Crippen molar-refractivity contribution in [2.75, 3.05) is 45.7 Å². The number of aromatic nitrogens is 2. The number of hydrogen-bond donors (Lipinski definition) is 1. The van der Waals surface area contributed by atoms with Crippen LogP contribution in [0.15, 0.2) is 15.5 Å². The predicted molar refractivity (Wildman–Crippen MR) is 82.9 cm³/mol. The van der Waals surface area contributed by atoms with Crippen LogP contribution in [0.2, 0.25) is 0 Å². The number of ether oxygens (including phenoxy) is 1. The largest absolute Gasteiger partial charge is 0.383 e. The van der Waals surface area contributed by atoms with E-state index in [9.17, 15) is 4.79 Å². The molecule has 1 aromatic rings. The normalized spacial score (nSPS) is 10.6. The lowest BCUT2D eigenvalue weighted by molar-refractivity contribution is 0.163. The molecule has 0 atom stereocenters. The molecule has 0 saturated carbocycles. The maximum Gasteiger partial charge on any atom is 0.284 e. The minimum Gasteiger partial charge on any atom is -0.383 e. The zero-order valence-corrected chi connectivity index (χ0v) is 13.3. The molecule has 0 bridgehead atoms. The van der Waals surface area contributed by atoms with Gasteiger partial charge in [-0.05, 0) is 23.0 Å². The Balaban J connectivity index is 2.55. The Bertz CT molecular complexity index is 524. The first-order valence-corrected chi connectivity index (χ1v) is 7.00. The summed E-state index contributed by atoms with van der Waals surface area (Å²) >= 11 is 3.27. The van der Waals surface area contributed by atoms with E-state index in [2.05, 4.69) is 37.2 Å². The van der Waals surface area contributed by atoms with E-state index in [-0.39, 0.29) is 12.1 Å². The first-order chi connectivity index (χ1) is 9.60. The first kappa shape index (κ1) is 16.7. The number of hydrogen-bond acceptors (Lipinski definition) is 5. The second-order valence-electron chi connectivity index (χ2n) is 4.26. The number of halogens is 1. The van der Waals surface area contributed by atoms with Crippen molar-refractivity contribution in [2.45, 2.75) is 6.54 Å². The third-order valence-corrected chi connectivity index (χ3v) is 3.48. The third kappa shape index (κ3) is 4.96. The van der Waals surface area contributed by atoms with Gasteiger partial charge in [-0.2, -0.15) is 5.10 Å². The summed E-state index contributed by atoms with van der Waals surface area (Å²) in [6.07, 6.45) is 6.77. The second-order valence-corrected chi connectivity index (χ2v) is 5.06. The summed E-state index contributed by atoms with van der Waals surface area (Å²) in [5, 5.41) is 7.19. The van der Waals surface area contributed by atoms with Gasteiger partial charge in [-0.25, -0.2) is 4.68 Å². The van der Waals surface area contributed by atoms with Gasteiger partial charge in [-0.3, -0.25) is 4.79 Å². The second kappa shape index (κ2) is 8.74. The summed E-state index contributed by atoms with van der Waals surface area (Å²) in [5.41, 5.74) is 0.434. The van der Waals surface area contributed by atoms with E-state index < -0.39 is 0 Å². The molecule has 0 spiro atoms. The van der Waals surface area contributed by atoms with Gasteiger partial charge in [0.05, 0.1) is 18.5 Å². The molecule has 0 aliphatic carbocycles. The van der Waals surface area contributed by atoms with Gasteiger partial charge < -0.3 is 15.0 Å². The Morgan fingerprint density at radius 3 is 3.00 bits per heavy atom. The zero-order valence-electron chi connectivity index (χ0n) is 11.7. The minimum atomic E-state index is -0.235. The van der Waals surface area contributed by atoms with Gasteiger partial charge in [0.25, 0.3) is 5.56 Å². The van der Waals surface area contributed by atoms with Crippen molar-refractivity contribution < 1.29 is 4.74 Å². The van der Waals surface area contributed by atoms with Crippen LogP contribution < -0.4 is 10.9 Å². The molecule has 0 aliphatic rings. The highest BCUT2D eigenvalue weighted by Crippen LogP contribution is 2.15. The molecule has 0 amide bonds. The third-order valence-electron chi connectivity index (χ3n) is 2.71. The first-order valence-electron chi connectivity index (χ1n) is 6.20. The van der Waals surface area contributed by atoms with E-state index in [1.165, 1.54) is 4.68 Å². The van der Waals surface area contributed by atoms with Crippen LogP contribution in [-0.2, 0) is 11.3 Å². The highest BCUT2D eigenvalue weighted by Gasteiger charge is 2.08. The van der Waals surface area contributed by atoms with E-state index in [0.717, 1.165) is 13.1 Å². The molecule has 1 N–H and O–H groups in total. The van der Waals surface area contributed by atoms with Crippen LogP contribution in [0.5, 0.6) is 0 Å². The topological polar surface area (TPSA) is 59.4 Å². The van der Waals surface area contributed by atoms with E-state index in [0.29, 0.717) is 23.3 Å². The highest BCUT2D eigenvalue weighted by molar-refractivity contribution is 9.10. The molecular formula is C13H19BrN4O2. The lowest BCUT2D eigenvalue weighted by Gasteiger charge is -2.17. The Morgan fingerprint density at radius 1 is 1.60 bits per heavy atom. The molecule has 0 saturated heterocycles. The SMILES string of the molecule is C#CCn1ncc(NCCN(C)CCOC)c(Br)c1=O. The fourth-order valence-corrected chi connectivity index (χ4v) is 1.97. The lowest BCUT2D eigenvalue weighted by Crippen LogP contribution is -2.29. The van der Waals surface area contributed by atoms with Gasteiger partial charge in [0.2, 0.25) is 0 Å². The summed E-state index contributed by atoms with van der Waals surface area (Å²) in [6.45, 7) is 3.27. The molecule has 7 heteroatoms. The van der Waals surface area contributed by atoms with Crippen LogP contribution in [-0.4, -0.2) is 55.1 Å². The highest BCUT2D eigenvalue weighted by atomic mass is 79.9. The number of terminal acetylenes is 1. The number of rotatable bonds is 8. The Kier molecular flexibility index (Phi) is 7.30. The van der Waals surface area contributed by atoms with Gasteiger partial charge in [0.15, 0.2) is 0 Å². The van der Waals surface area contributed by atoms with Gasteiger partial charge in [-0.1, -0.05) is 5.92 Å². The molecule has 0 aromatic carbocycles. The van der Waals surface area contributed by atoms with Crippen molar-refractivity contribution in [1.82, 2.24) is 14.7 Å². The van der Waals surface area contributed by atoms with Crippen molar-refractivity contribution in [3.63, 3.8) is 0 Å². The van der Waals surface area contributed by atoms with Crippen molar-refractivity contribution >= 4 is 21.6 Å². The van der Waals surface area contributed by atoms with Gasteiger partial charge >= 0.3 is 0 Å². The minimum absolute atomic E-state index is 0.164. The molecule has 0 radical (unpaired) electrons. The van der Waals surface area contributed by atoms with E-state index in [1.54, 1.807) is 13.3 Å². The molecular weight excluding hydrogens is 324 g/mol. The maximum absolute atomic E-state index is 11.9. The molecule has 0 aliphatic heterocycles. The fourth-order valence-electron chi connectivity index (χ4n) is 1.53. The molecule has 110 valence electrons. The quantitative estimate of drug-likeness (QED) is 0.702. The average molecular weight is 343 g/mol. The van der Waals surface area contributed by atoms with Crippen molar-refractivity contribution in [2.24, 2.45) is 0 Å².